The van der Waals surface area contributed by atoms with Gasteiger partial charge in [-0.2, -0.15) is 0 Å². The molecule has 3 heterocycles. The molecule has 0 amide bonds. The van der Waals surface area contributed by atoms with Crippen LogP contribution in [0.15, 0.2) is 71.3 Å². The molecule has 11 heteroatoms. The summed E-state index contributed by atoms with van der Waals surface area (Å²) in [7, 11) is 1.38. The van der Waals surface area contributed by atoms with Crippen molar-refractivity contribution in [2.45, 2.75) is 30.6 Å². The van der Waals surface area contributed by atoms with Gasteiger partial charge in [0.05, 0.1) is 24.8 Å². The summed E-state index contributed by atoms with van der Waals surface area (Å²) in [6.07, 6.45) is 6.06. The Balaban J connectivity index is 1.61. The van der Waals surface area contributed by atoms with E-state index in [1.165, 1.54) is 7.11 Å². The van der Waals surface area contributed by atoms with Crippen LogP contribution >= 0.6 is 35.0 Å². The Hall–Kier alpha value is -3.14. The first-order chi connectivity index (χ1) is 17.5. The number of carbonyl (C=O) groups is 1. The van der Waals surface area contributed by atoms with Crippen LogP contribution in [-0.2, 0) is 16.1 Å². The Labute approximate surface area is 222 Å². The van der Waals surface area contributed by atoms with Crippen molar-refractivity contribution in [1.29, 1.82) is 0 Å². The van der Waals surface area contributed by atoms with Gasteiger partial charge in [0.25, 0.3) is 0 Å². The lowest BCUT2D eigenvalue weighted by Crippen LogP contribution is -2.09. The van der Waals surface area contributed by atoms with E-state index >= 15 is 0 Å². The van der Waals surface area contributed by atoms with Crippen LogP contribution < -0.4 is 0 Å². The summed E-state index contributed by atoms with van der Waals surface area (Å²) in [4.78, 5) is 21.2. The minimum atomic E-state index is -0.447. The van der Waals surface area contributed by atoms with E-state index in [4.69, 9.17) is 32.9 Å². The lowest BCUT2D eigenvalue weighted by Gasteiger charge is -2.14. The second-order valence-corrected chi connectivity index (χ2v) is 9.98. The van der Waals surface area contributed by atoms with Gasteiger partial charge in [-0.05, 0) is 30.7 Å². The number of aryl methyl sites for hydroxylation is 1. The van der Waals surface area contributed by atoms with Crippen molar-refractivity contribution < 1.29 is 9.53 Å². The SMILES string of the molecule is COC(=O)CC[C@@H]1N=C(c2ccccc2Cl)c2cc(Cl)ccc2-n2c(SCCn3ccnc3)nnc21. The smallest absolute Gasteiger partial charge is 0.305 e. The number of rotatable bonds is 8. The predicted molar refractivity (Wildman–Crippen MR) is 140 cm³/mol. The van der Waals surface area contributed by atoms with Crippen LogP contribution in [0.25, 0.3) is 5.69 Å². The molecule has 1 aliphatic rings. The Kier molecular flexibility index (Phi) is 7.41. The van der Waals surface area contributed by atoms with Crippen molar-refractivity contribution in [3.05, 3.63) is 88.2 Å². The maximum Gasteiger partial charge on any atom is 0.305 e. The highest BCUT2D eigenvalue weighted by Gasteiger charge is 2.30. The number of imidazole rings is 1. The van der Waals surface area contributed by atoms with Crippen molar-refractivity contribution in [3.63, 3.8) is 0 Å². The number of benzene rings is 2. The van der Waals surface area contributed by atoms with Crippen molar-refractivity contribution in [3.8, 4) is 5.69 Å². The highest BCUT2D eigenvalue weighted by atomic mass is 35.5. The zero-order chi connectivity index (χ0) is 25.1. The molecule has 1 aliphatic heterocycles. The first-order valence-electron chi connectivity index (χ1n) is 11.3. The maximum atomic E-state index is 12.0. The Bertz CT molecular complexity index is 1420. The third-order valence-electron chi connectivity index (χ3n) is 5.81. The molecule has 5 rings (SSSR count). The number of aliphatic imine (C=N–C) groups is 1. The van der Waals surface area contributed by atoms with Crippen LogP contribution in [-0.4, -0.2) is 48.9 Å². The third kappa shape index (κ3) is 5.04. The van der Waals surface area contributed by atoms with E-state index in [-0.39, 0.29) is 12.4 Å². The number of aromatic nitrogens is 5. The van der Waals surface area contributed by atoms with Gasteiger partial charge >= 0.3 is 5.97 Å². The number of halogens is 2. The molecule has 0 aliphatic carbocycles. The van der Waals surface area contributed by atoms with Crippen LogP contribution in [0.3, 0.4) is 0 Å². The average molecular weight is 541 g/mol. The van der Waals surface area contributed by atoms with Gasteiger partial charge in [-0.3, -0.25) is 14.4 Å². The van der Waals surface area contributed by atoms with E-state index in [1.807, 2.05) is 57.8 Å². The van der Waals surface area contributed by atoms with Crippen LogP contribution in [0, 0.1) is 0 Å². The fourth-order valence-electron chi connectivity index (χ4n) is 4.07. The van der Waals surface area contributed by atoms with Crippen LogP contribution in [0.2, 0.25) is 10.0 Å². The number of methoxy groups -OCH3 is 1. The lowest BCUT2D eigenvalue weighted by atomic mass is 10.00. The molecule has 0 saturated heterocycles. The fraction of sp³-hybridized carbons (Fsp3) is 0.240. The van der Waals surface area contributed by atoms with Gasteiger partial charge < -0.3 is 9.30 Å². The molecule has 2 aromatic heterocycles. The Morgan fingerprint density at radius 1 is 1.14 bits per heavy atom. The number of fused-ring (bicyclic) bond motifs is 3. The number of nitrogens with zero attached hydrogens (tertiary/aromatic N) is 6. The van der Waals surface area contributed by atoms with Crippen molar-refractivity contribution in [2.75, 3.05) is 12.9 Å². The van der Waals surface area contributed by atoms with Gasteiger partial charge in [0.1, 0.15) is 6.04 Å². The van der Waals surface area contributed by atoms with E-state index in [0.717, 1.165) is 34.3 Å². The minimum Gasteiger partial charge on any atom is -0.469 e. The van der Waals surface area contributed by atoms with Gasteiger partial charge in [0, 0.05) is 52.3 Å². The monoisotopic (exact) mass is 540 g/mol. The van der Waals surface area contributed by atoms with Gasteiger partial charge in [-0.15, -0.1) is 10.2 Å². The van der Waals surface area contributed by atoms with Crippen molar-refractivity contribution >= 4 is 46.6 Å². The fourth-order valence-corrected chi connectivity index (χ4v) is 5.37. The standard InChI is InChI=1S/C25H22Cl2N6O2S/c1-35-22(34)9-7-20-24-30-31-25(36-13-12-32-11-10-28-15-32)33(24)21-8-6-16(26)14-18(21)23(29-20)17-4-2-3-5-19(17)27/h2-6,8,10-11,14-15,20H,7,9,12-13H2,1H3/t20-/m0/s1. The Morgan fingerprint density at radius 3 is 2.78 bits per heavy atom. The quantitative estimate of drug-likeness (QED) is 0.219. The van der Waals surface area contributed by atoms with E-state index in [1.54, 1.807) is 24.3 Å². The molecule has 0 spiro atoms. The minimum absolute atomic E-state index is 0.188. The summed E-state index contributed by atoms with van der Waals surface area (Å²) in [6, 6.07) is 12.8. The number of thioether (sulfide) groups is 1. The van der Waals surface area contributed by atoms with Crippen LogP contribution in [0.1, 0.15) is 35.8 Å². The molecule has 4 aromatic rings. The summed E-state index contributed by atoms with van der Waals surface area (Å²) in [5.41, 5.74) is 3.13. The molecule has 8 nitrogen and oxygen atoms in total. The zero-order valence-corrected chi connectivity index (χ0v) is 21.7. The molecule has 0 radical (unpaired) electrons. The number of esters is 1. The summed E-state index contributed by atoms with van der Waals surface area (Å²) in [5.74, 6) is 1.10. The number of hydrogen-bond donors (Lipinski definition) is 0. The topological polar surface area (TPSA) is 87.2 Å². The first kappa shape index (κ1) is 24.5. The highest BCUT2D eigenvalue weighted by Crippen LogP contribution is 2.37. The summed E-state index contributed by atoms with van der Waals surface area (Å²) < 4.78 is 8.91. The second-order valence-electron chi connectivity index (χ2n) is 8.07. The second kappa shape index (κ2) is 10.9. The number of carbonyl (C=O) groups excluding carboxylic acids is 1. The zero-order valence-electron chi connectivity index (χ0n) is 19.3. The molecule has 2 aromatic carbocycles. The van der Waals surface area contributed by atoms with Gasteiger partial charge in [0.15, 0.2) is 11.0 Å². The molecular weight excluding hydrogens is 519 g/mol. The van der Waals surface area contributed by atoms with E-state index < -0.39 is 6.04 Å². The van der Waals surface area contributed by atoms with E-state index in [0.29, 0.717) is 28.0 Å². The largest absolute Gasteiger partial charge is 0.469 e. The predicted octanol–water partition coefficient (Wildman–Crippen LogP) is 5.41. The average Bonchev–Trinajstić information content (AvgIpc) is 3.53. The van der Waals surface area contributed by atoms with E-state index in [9.17, 15) is 4.79 Å². The summed E-state index contributed by atoms with van der Waals surface area (Å²) in [6.45, 7) is 0.771. The van der Waals surface area contributed by atoms with E-state index in [2.05, 4.69) is 15.2 Å². The van der Waals surface area contributed by atoms with Gasteiger partial charge in [-0.25, -0.2) is 4.98 Å². The maximum absolute atomic E-state index is 12.0. The highest BCUT2D eigenvalue weighted by molar-refractivity contribution is 7.99. The van der Waals surface area contributed by atoms with Gasteiger partial charge in [0.2, 0.25) is 0 Å². The van der Waals surface area contributed by atoms with Crippen molar-refractivity contribution in [2.24, 2.45) is 4.99 Å². The summed E-state index contributed by atoms with van der Waals surface area (Å²) in [5, 5.41) is 10.9. The normalized spacial score (nSPS) is 14.5. The number of ether oxygens (including phenoxy) is 1. The molecular formula is C25H22Cl2N6O2S. The molecule has 0 unspecified atom stereocenters. The first-order valence-corrected chi connectivity index (χ1v) is 13.0. The Morgan fingerprint density at radius 2 is 2.00 bits per heavy atom. The molecule has 36 heavy (non-hydrogen) atoms. The van der Waals surface area contributed by atoms with Crippen LogP contribution in [0.4, 0.5) is 0 Å². The summed E-state index contributed by atoms with van der Waals surface area (Å²) >= 11 is 14.7. The molecule has 1 atom stereocenters. The molecule has 0 N–H and O–H groups in total. The third-order valence-corrected chi connectivity index (χ3v) is 7.29. The molecule has 0 saturated carbocycles. The number of hydrogen-bond acceptors (Lipinski definition) is 7. The lowest BCUT2D eigenvalue weighted by molar-refractivity contribution is -0.140. The van der Waals surface area contributed by atoms with Gasteiger partial charge in [-0.1, -0.05) is 53.2 Å². The molecule has 0 fully saturated rings. The molecule has 0 bridgehead atoms. The van der Waals surface area contributed by atoms with Crippen molar-refractivity contribution in [1.82, 2.24) is 24.3 Å². The van der Waals surface area contributed by atoms with Crippen LogP contribution in [0.5, 0.6) is 0 Å². The molecule has 184 valence electrons.